The van der Waals surface area contributed by atoms with Gasteiger partial charge in [0.25, 0.3) is 0 Å². The summed E-state index contributed by atoms with van der Waals surface area (Å²) in [6.07, 6.45) is -0.462. The summed E-state index contributed by atoms with van der Waals surface area (Å²) in [5, 5.41) is 14.7. The molecule has 0 saturated heterocycles. The third kappa shape index (κ3) is 5.46. The molecule has 0 aliphatic carbocycles. The van der Waals surface area contributed by atoms with Crippen LogP contribution >= 0.6 is 0 Å². The van der Waals surface area contributed by atoms with Gasteiger partial charge in [-0.1, -0.05) is 56.3 Å². The summed E-state index contributed by atoms with van der Waals surface area (Å²) in [7, 11) is 1.80. The van der Waals surface area contributed by atoms with Crippen molar-refractivity contribution in [2.45, 2.75) is 33.4 Å². The third-order valence-electron chi connectivity index (χ3n) is 4.71. The van der Waals surface area contributed by atoms with Crippen molar-refractivity contribution in [2.24, 2.45) is 13.0 Å². The Morgan fingerprint density at radius 1 is 1.03 bits per heavy atom. The molecule has 30 heavy (non-hydrogen) atoms. The van der Waals surface area contributed by atoms with Crippen LogP contribution in [0.4, 0.5) is 4.39 Å². The highest BCUT2D eigenvalue weighted by Gasteiger charge is 2.23. The van der Waals surface area contributed by atoms with Gasteiger partial charge < -0.3 is 9.84 Å². The maximum absolute atomic E-state index is 14.3. The van der Waals surface area contributed by atoms with Gasteiger partial charge in [0.15, 0.2) is 11.6 Å². The summed E-state index contributed by atoms with van der Waals surface area (Å²) in [6, 6.07) is 16.2. The van der Waals surface area contributed by atoms with E-state index in [1.807, 2.05) is 30.3 Å². The second-order valence-electron chi connectivity index (χ2n) is 8.09. The molecule has 160 valence electrons. The SMILES string of the molecule is CC(C)CN(Cc1c(-c2ccccc2)nn(C)c1Oc1ccccc1F)C[C@@H](C)O. The van der Waals surface area contributed by atoms with Gasteiger partial charge in [-0.3, -0.25) is 4.90 Å². The molecule has 1 heterocycles. The fraction of sp³-hybridized carbons (Fsp3) is 0.375. The number of hydrogen-bond donors (Lipinski definition) is 1. The third-order valence-corrected chi connectivity index (χ3v) is 4.71. The second-order valence-corrected chi connectivity index (χ2v) is 8.09. The highest BCUT2D eigenvalue weighted by molar-refractivity contribution is 5.65. The van der Waals surface area contributed by atoms with E-state index >= 15 is 0 Å². The van der Waals surface area contributed by atoms with Crippen LogP contribution in [0.25, 0.3) is 11.3 Å². The van der Waals surface area contributed by atoms with E-state index in [1.54, 1.807) is 36.9 Å². The lowest BCUT2D eigenvalue weighted by Gasteiger charge is -2.26. The molecule has 0 aliphatic heterocycles. The van der Waals surface area contributed by atoms with Crippen LogP contribution in [0.3, 0.4) is 0 Å². The Hall–Kier alpha value is -2.70. The lowest BCUT2D eigenvalue weighted by atomic mass is 10.1. The summed E-state index contributed by atoms with van der Waals surface area (Å²) in [4.78, 5) is 2.19. The highest BCUT2D eigenvalue weighted by Crippen LogP contribution is 2.35. The maximum Gasteiger partial charge on any atom is 0.222 e. The average molecular weight is 412 g/mol. The van der Waals surface area contributed by atoms with Crippen LogP contribution in [0.5, 0.6) is 11.6 Å². The zero-order chi connectivity index (χ0) is 21.7. The second kappa shape index (κ2) is 9.87. The van der Waals surface area contributed by atoms with Crippen LogP contribution in [0.2, 0.25) is 0 Å². The number of halogens is 1. The average Bonchev–Trinajstić information content (AvgIpc) is 2.99. The lowest BCUT2D eigenvalue weighted by Crippen LogP contribution is -2.33. The Labute approximate surface area is 177 Å². The van der Waals surface area contributed by atoms with Gasteiger partial charge in [0, 0.05) is 32.2 Å². The molecular formula is C24H30FN3O2. The van der Waals surface area contributed by atoms with Crippen molar-refractivity contribution < 1.29 is 14.2 Å². The molecule has 0 radical (unpaired) electrons. The predicted octanol–water partition coefficient (Wildman–Crippen LogP) is 4.86. The molecule has 0 bridgehead atoms. The molecule has 1 atom stereocenters. The smallest absolute Gasteiger partial charge is 0.222 e. The number of para-hydroxylation sites is 1. The van der Waals surface area contributed by atoms with Gasteiger partial charge in [-0.15, -0.1) is 0 Å². The van der Waals surface area contributed by atoms with Crippen LogP contribution in [0.1, 0.15) is 26.3 Å². The van der Waals surface area contributed by atoms with E-state index in [9.17, 15) is 9.50 Å². The van der Waals surface area contributed by atoms with E-state index < -0.39 is 11.9 Å². The van der Waals surface area contributed by atoms with E-state index in [4.69, 9.17) is 9.84 Å². The van der Waals surface area contributed by atoms with E-state index in [2.05, 4.69) is 18.7 Å². The molecule has 3 rings (SSSR count). The maximum atomic E-state index is 14.3. The number of aromatic nitrogens is 2. The van der Waals surface area contributed by atoms with Gasteiger partial charge in [-0.05, 0) is 25.0 Å². The fourth-order valence-corrected chi connectivity index (χ4v) is 3.60. The number of rotatable bonds is 9. The van der Waals surface area contributed by atoms with E-state index in [0.29, 0.717) is 24.9 Å². The Bertz CT molecular complexity index is 944. The van der Waals surface area contributed by atoms with Gasteiger partial charge in [-0.2, -0.15) is 5.10 Å². The molecule has 0 spiro atoms. The first kappa shape index (κ1) is 22.0. The van der Waals surface area contributed by atoms with Crippen molar-refractivity contribution in [1.29, 1.82) is 0 Å². The molecule has 0 fully saturated rings. The summed E-state index contributed by atoms with van der Waals surface area (Å²) >= 11 is 0. The standard InChI is InChI=1S/C24H30FN3O2/c1-17(2)14-28(15-18(3)29)16-20-23(19-10-6-5-7-11-19)26-27(4)24(20)30-22-13-9-8-12-21(22)25/h5-13,17-18,29H,14-16H2,1-4H3/t18-/m1/s1. The normalized spacial score (nSPS) is 12.5. The van der Waals surface area contributed by atoms with Gasteiger partial charge >= 0.3 is 0 Å². The fourth-order valence-electron chi connectivity index (χ4n) is 3.60. The Balaban J connectivity index is 2.05. The van der Waals surface area contributed by atoms with Crippen LogP contribution in [-0.2, 0) is 13.6 Å². The molecule has 0 unspecified atom stereocenters. The van der Waals surface area contributed by atoms with Gasteiger partial charge in [0.2, 0.25) is 5.88 Å². The monoisotopic (exact) mass is 411 g/mol. The van der Waals surface area contributed by atoms with E-state index in [0.717, 1.165) is 23.4 Å². The summed E-state index contributed by atoms with van der Waals surface area (Å²) in [5.41, 5.74) is 2.63. The first-order valence-corrected chi connectivity index (χ1v) is 10.3. The zero-order valence-electron chi connectivity index (χ0n) is 18.0. The molecule has 2 aromatic carbocycles. The van der Waals surface area contributed by atoms with Crippen molar-refractivity contribution in [1.82, 2.24) is 14.7 Å². The van der Waals surface area contributed by atoms with Crippen LogP contribution < -0.4 is 4.74 Å². The summed E-state index contributed by atoms with van der Waals surface area (Å²) in [5.74, 6) is 0.663. The Morgan fingerprint density at radius 3 is 2.33 bits per heavy atom. The van der Waals surface area contributed by atoms with Gasteiger partial charge in [0.1, 0.15) is 5.69 Å². The zero-order valence-corrected chi connectivity index (χ0v) is 18.0. The van der Waals surface area contributed by atoms with Crippen molar-refractivity contribution in [3.8, 4) is 22.9 Å². The van der Waals surface area contributed by atoms with Crippen molar-refractivity contribution in [3.05, 3.63) is 66.0 Å². The molecule has 3 aromatic rings. The number of benzene rings is 2. The molecule has 0 saturated carbocycles. The quantitative estimate of drug-likeness (QED) is 0.546. The van der Waals surface area contributed by atoms with E-state index in [-0.39, 0.29) is 5.75 Å². The Morgan fingerprint density at radius 2 is 1.70 bits per heavy atom. The van der Waals surface area contributed by atoms with Crippen LogP contribution in [0, 0.1) is 11.7 Å². The molecule has 0 amide bonds. The molecule has 1 N–H and O–H groups in total. The minimum atomic E-state index is -0.462. The molecule has 6 heteroatoms. The molecule has 5 nitrogen and oxygen atoms in total. The van der Waals surface area contributed by atoms with Crippen molar-refractivity contribution in [2.75, 3.05) is 13.1 Å². The number of nitrogens with zero attached hydrogens (tertiary/aromatic N) is 3. The minimum Gasteiger partial charge on any atom is -0.436 e. The summed E-state index contributed by atoms with van der Waals surface area (Å²) in [6.45, 7) is 7.95. The predicted molar refractivity (Wildman–Crippen MR) is 117 cm³/mol. The number of aliphatic hydroxyl groups is 1. The number of aliphatic hydroxyl groups excluding tert-OH is 1. The molecule has 1 aromatic heterocycles. The number of hydrogen-bond acceptors (Lipinski definition) is 4. The lowest BCUT2D eigenvalue weighted by molar-refractivity contribution is 0.114. The number of ether oxygens (including phenoxy) is 1. The van der Waals surface area contributed by atoms with Crippen molar-refractivity contribution in [3.63, 3.8) is 0 Å². The van der Waals surface area contributed by atoms with Gasteiger partial charge in [-0.25, -0.2) is 9.07 Å². The topological polar surface area (TPSA) is 50.5 Å². The first-order chi connectivity index (χ1) is 14.3. The Kier molecular flexibility index (Phi) is 7.24. The van der Waals surface area contributed by atoms with Crippen molar-refractivity contribution >= 4 is 0 Å². The van der Waals surface area contributed by atoms with E-state index in [1.165, 1.54) is 6.07 Å². The van der Waals surface area contributed by atoms with Crippen LogP contribution in [0.15, 0.2) is 54.6 Å². The molecular weight excluding hydrogens is 381 g/mol. The largest absolute Gasteiger partial charge is 0.436 e. The van der Waals surface area contributed by atoms with Crippen LogP contribution in [-0.4, -0.2) is 39.0 Å². The summed E-state index contributed by atoms with van der Waals surface area (Å²) < 4.78 is 22.0. The highest BCUT2D eigenvalue weighted by atomic mass is 19.1. The molecule has 0 aliphatic rings. The minimum absolute atomic E-state index is 0.160. The first-order valence-electron chi connectivity index (χ1n) is 10.3. The number of aryl methyl sites for hydroxylation is 1. The van der Waals surface area contributed by atoms with Gasteiger partial charge in [0.05, 0.1) is 11.7 Å².